The van der Waals surface area contributed by atoms with Crippen molar-refractivity contribution >= 4 is 23.3 Å². The summed E-state index contributed by atoms with van der Waals surface area (Å²) >= 11 is 1.65. The van der Waals surface area contributed by atoms with Crippen LogP contribution in [0.4, 0.5) is 0 Å². The lowest BCUT2D eigenvalue weighted by molar-refractivity contribution is 0.0124. The van der Waals surface area contributed by atoms with Crippen LogP contribution in [0.25, 0.3) is 5.65 Å². The molecule has 3 aromatic rings. The smallest absolute Gasteiger partial charge is 0.252 e. The van der Waals surface area contributed by atoms with Gasteiger partial charge in [0.25, 0.3) is 5.91 Å². The normalized spacial score (nSPS) is 15.8. The zero-order valence-corrected chi connectivity index (χ0v) is 19.7. The van der Waals surface area contributed by atoms with E-state index in [4.69, 9.17) is 4.74 Å². The second-order valence-corrected chi connectivity index (χ2v) is 9.64. The molecule has 3 heterocycles. The van der Waals surface area contributed by atoms with E-state index >= 15 is 0 Å². The molecule has 1 aromatic carbocycles. The summed E-state index contributed by atoms with van der Waals surface area (Å²) in [4.78, 5) is 21.2. The highest BCUT2D eigenvalue weighted by Gasteiger charge is 2.23. The maximum absolute atomic E-state index is 13.1. The van der Waals surface area contributed by atoms with Crippen molar-refractivity contribution in [1.82, 2.24) is 19.6 Å². The first-order valence-corrected chi connectivity index (χ1v) is 12.3. The van der Waals surface area contributed by atoms with Gasteiger partial charge in [-0.1, -0.05) is 32.0 Å². The average molecular weight is 453 g/mol. The van der Waals surface area contributed by atoms with Gasteiger partial charge < -0.3 is 14.5 Å². The van der Waals surface area contributed by atoms with Crippen molar-refractivity contribution in [2.45, 2.75) is 37.0 Å². The molecule has 170 valence electrons. The lowest BCUT2D eigenvalue weighted by Crippen LogP contribution is -2.49. The molecule has 0 bridgehead atoms. The van der Waals surface area contributed by atoms with Crippen molar-refractivity contribution in [1.29, 1.82) is 0 Å². The van der Waals surface area contributed by atoms with E-state index < -0.39 is 0 Å². The second kappa shape index (κ2) is 11.0. The fourth-order valence-corrected chi connectivity index (χ4v) is 5.08. The highest BCUT2D eigenvalue weighted by molar-refractivity contribution is 7.98. The quantitative estimate of drug-likeness (QED) is 0.495. The topological polar surface area (TPSA) is 58.9 Å². The monoisotopic (exact) mass is 452 g/mol. The Labute approximate surface area is 194 Å². The Morgan fingerprint density at radius 2 is 1.94 bits per heavy atom. The molecule has 1 aliphatic rings. The molecular weight excluding hydrogens is 420 g/mol. The van der Waals surface area contributed by atoms with Gasteiger partial charge in [-0.05, 0) is 36.6 Å². The Kier molecular flexibility index (Phi) is 7.84. The SMILES string of the molecule is CC(C)CC(CNC(=O)c1ccccc1SCc1cn2ccccc2n1)N1CCOCC1. The van der Waals surface area contributed by atoms with Gasteiger partial charge in [0.2, 0.25) is 0 Å². The highest BCUT2D eigenvalue weighted by Crippen LogP contribution is 2.26. The molecule has 1 amide bonds. The van der Waals surface area contributed by atoms with Crippen LogP contribution in [0.2, 0.25) is 0 Å². The van der Waals surface area contributed by atoms with Crippen molar-refractivity contribution in [3.05, 3.63) is 66.1 Å². The van der Waals surface area contributed by atoms with E-state index in [1.165, 1.54) is 0 Å². The number of carbonyl (C=O) groups is 1. The molecule has 4 rings (SSSR count). The fourth-order valence-electron chi connectivity index (χ4n) is 4.14. The predicted octanol–water partition coefficient (Wildman–Crippen LogP) is 4.10. The minimum atomic E-state index is -0.00915. The lowest BCUT2D eigenvalue weighted by Gasteiger charge is -2.35. The number of benzene rings is 1. The molecule has 1 saturated heterocycles. The summed E-state index contributed by atoms with van der Waals surface area (Å²) in [5.74, 6) is 1.29. The Morgan fingerprint density at radius 1 is 1.16 bits per heavy atom. The van der Waals surface area contributed by atoms with Crippen LogP contribution in [0.1, 0.15) is 36.3 Å². The van der Waals surface area contributed by atoms with Gasteiger partial charge in [-0.15, -0.1) is 11.8 Å². The minimum Gasteiger partial charge on any atom is -0.379 e. The van der Waals surface area contributed by atoms with Gasteiger partial charge in [-0.3, -0.25) is 9.69 Å². The standard InChI is InChI=1S/C25H32N4O2S/c1-19(2)15-21(28-11-13-31-14-12-28)16-26-25(30)22-7-3-4-8-23(22)32-18-20-17-29-10-6-5-9-24(29)27-20/h3-10,17,19,21H,11-16,18H2,1-2H3,(H,26,30). The first-order valence-electron chi connectivity index (χ1n) is 11.3. The fraction of sp³-hybridized carbons (Fsp3) is 0.440. The number of hydrogen-bond donors (Lipinski definition) is 1. The van der Waals surface area contributed by atoms with Crippen LogP contribution in [-0.4, -0.2) is 59.1 Å². The molecule has 32 heavy (non-hydrogen) atoms. The Bertz CT molecular complexity index is 996. The number of rotatable bonds is 9. The number of nitrogens with zero attached hydrogens (tertiary/aromatic N) is 3. The van der Waals surface area contributed by atoms with Crippen molar-refractivity contribution in [2.24, 2.45) is 5.92 Å². The van der Waals surface area contributed by atoms with Crippen LogP contribution in [0.5, 0.6) is 0 Å². The van der Waals surface area contributed by atoms with E-state index in [2.05, 4.69) is 29.0 Å². The third-order valence-corrected chi connectivity index (χ3v) is 6.83. The molecule has 1 aliphatic heterocycles. The lowest BCUT2D eigenvalue weighted by atomic mass is 10.0. The second-order valence-electron chi connectivity index (χ2n) is 8.62. The summed E-state index contributed by atoms with van der Waals surface area (Å²) < 4.78 is 7.53. The highest BCUT2D eigenvalue weighted by atomic mass is 32.2. The predicted molar refractivity (Wildman–Crippen MR) is 129 cm³/mol. The van der Waals surface area contributed by atoms with Crippen LogP contribution in [0.3, 0.4) is 0 Å². The van der Waals surface area contributed by atoms with E-state index in [0.29, 0.717) is 18.5 Å². The van der Waals surface area contributed by atoms with Gasteiger partial charge in [0.05, 0.1) is 24.5 Å². The maximum atomic E-state index is 13.1. The molecule has 1 unspecified atom stereocenters. The third kappa shape index (κ3) is 5.91. The Morgan fingerprint density at radius 3 is 2.72 bits per heavy atom. The number of amides is 1. The largest absolute Gasteiger partial charge is 0.379 e. The molecule has 0 radical (unpaired) electrons. The molecule has 0 spiro atoms. The van der Waals surface area contributed by atoms with E-state index in [9.17, 15) is 4.79 Å². The van der Waals surface area contributed by atoms with Crippen LogP contribution >= 0.6 is 11.8 Å². The number of morpholine rings is 1. The summed E-state index contributed by atoms with van der Waals surface area (Å²) in [6, 6.07) is 14.2. The number of thioether (sulfide) groups is 1. The van der Waals surface area contributed by atoms with Crippen LogP contribution in [-0.2, 0) is 10.5 Å². The molecular formula is C25H32N4O2S. The van der Waals surface area contributed by atoms with E-state index in [-0.39, 0.29) is 5.91 Å². The first-order chi connectivity index (χ1) is 15.6. The summed E-state index contributed by atoms with van der Waals surface area (Å²) in [6.07, 6.45) is 5.11. The molecule has 0 saturated carbocycles. The van der Waals surface area contributed by atoms with Crippen LogP contribution in [0, 0.1) is 5.92 Å². The number of imidazole rings is 1. The molecule has 6 nitrogen and oxygen atoms in total. The average Bonchev–Trinajstić information content (AvgIpc) is 3.24. The molecule has 1 atom stereocenters. The van der Waals surface area contributed by atoms with E-state index in [0.717, 1.165) is 60.3 Å². The number of pyridine rings is 1. The Hall–Kier alpha value is -2.35. The van der Waals surface area contributed by atoms with Crippen molar-refractivity contribution in [3.63, 3.8) is 0 Å². The van der Waals surface area contributed by atoms with Crippen LogP contribution in [0.15, 0.2) is 59.8 Å². The Balaban J connectivity index is 1.39. The summed E-state index contributed by atoms with van der Waals surface area (Å²) in [5.41, 5.74) is 2.67. The summed E-state index contributed by atoms with van der Waals surface area (Å²) in [6.45, 7) is 8.52. The summed E-state index contributed by atoms with van der Waals surface area (Å²) in [5, 5.41) is 3.21. The number of fused-ring (bicyclic) bond motifs is 1. The maximum Gasteiger partial charge on any atom is 0.252 e. The van der Waals surface area contributed by atoms with E-state index in [1.807, 2.05) is 59.3 Å². The molecule has 1 fully saturated rings. The molecule has 0 aliphatic carbocycles. The third-order valence-electron chi connectivity index (χ3n) is 5.72. The summed E-state index contributed by atoms with van der Waals surface area (Å²) in [7, 11) is 0. The van der Waals surface area contributed by atoms with Crippen LogP contribution < -0.4 is 5.32 Å². The van der Waals surface area contributed by atoms with Gasteiger partial charge in [0.1, 0.15) is 5.65 Å². The zero-order valence-electron chi connectivity index (χ0n) is 18.9. The van der Waals surface area contributed by atoms with Gasteiger partial charge in [-0.2, -0.15) is 0 Å². The number of carbonyl (C=O) groups excluding carboxylic acids is 1. The van der Waals surface area contributed by atoms with Gasteiger partial charge in [0, 0.05) is 48.7 Å². The van der Waals surface area contributed by atoms with Crippen molar-refractivity contribution in [3.8, 4) is 0 Å². The molecule has 7 heteroatoms. The van der Waals surface area contributed by atoms with Gasteiger partial charge in [-0.25, -0.2) is 4.98 Å². The number of hydrogen-bond acceptors (Lipinski definition) is 5. The molecule has 2 aromatic heterocycles. The van der Waals surface area contributed by atoms with Crippen molar-refractivity contribution in [2.75, 3.05) is 32.8 Å². The zero-order chi connectivity index (χ0) is 22.3. The van der Waals surface area contributed by atoms with Gasteiger partial charge in [0.15, 0.2) is 0 Å². The molecule has 1 N–H and O–H groups in total. The van der Waals surface area contributed by atoms with Gasteiger partial charge >= 0.3 is 0 Å². The number of ether oxygens (including phenoxy) is 1. The van der Waals surface area contributed by atoms with Crippen molar-refractivity contribution < 1.29 is 9.53 Å². The first kappa shape index (κ1) is 22.8. The number of nitrogens with one attached hydrogen (secondary N) is 1. The van der Waals surface area contributed by atoms with E-state index in [1.54, 1.807) is 11.8 Å². The minimum absolute atomic E-state index is 0.00915. The number of aromatic nitrogens is 2.